The molecule has 156 valence electrons. The minimum absolute atomic E-state index is 0.212. The summed E-state index contributed by atoms with van der Waals surface area (Å²) in [6.45, 7) is 1.79. The molecule has 2 aromatic heterocycles. The molecule has 0 aliphatic rings. The van der Waals surface area contributed by atoms with Gasteiger partial charge >= 0.3 is 0 Å². The average molecular weight is 471 g/mol. The van der Waals surface area contributed by atoms with Crippen molar-refractivity contribution in [1.82, 2.24) is 15.0 Å². The second kappa shape index (κ2) is 9.01. The van der Waals surface area contributed by atoms with E-state index in [1.54, 1.807) is 18.2 Å². The Kier molecular flexibility index (Phi) is 6.18. The van der Waals surface area contributed by atoms with Gasteiger partial charge in [0.1, 0.15) is 11.4 Å². The van der Waals surface area contributed by atoms with Crippen LogP contribution in [0.15, 0.2) is 64.1 Å². The highest BCUT2D eigenvalue weighted by Crippen LogP contribution is 2.30. The van der Waals surface area contributed by atoms with Gasteiger partial charge in [0.2, 0.25) is 0 Å². The number of halogens is 2. The lowest BCUT2D eigenvalue weighted by molar-refractivity contribution is -0.121. The second-order valence-electron chi connectivity index (χ2n) is 6.83. The first kappa shape index (κ1) is 21.2. The first-order valence-electron chi connectivity index (χ1n) is 9.23. The Labute approximate surface area is 191 Å². The summed E-state index contributed by atoms with van der Waals surface area (Å²) in [5.74, 6) is -0.461. The van der Waals surface area contributed by atoms with Crippen molar-refractivity contribution in [3.8, 4) is 11.1 Å². The van der Waals surface area contributed by atoms with Crippen LogP contribution in [0.25, 0.3) is 21.3 Å². The van der Waals surface area contributed by atoms with Crippen LogP contribution in [-0.4, -0.2) is 21.7 Å². The molecule has 0 unspecified atom stereocenters. The molecule has 31 heavy (non-hydrogen) atoms. The van der Waals surface area contributed by atoms with Crippen LogP contribution < -0.4 is 11.0 Å². The van der Waals surface area contributed by atoms with Gasteiger partial charge in [-0.15, -0.1) is 11.3 Å². The molecule has 2 aromatic carbocycles. The minimum Gasteiger partial charge on any atom is -0.289 e. The summed E-state index contributed by atoms with van der Waals surface area (Å²) >= 11 is 13.3. The van der Waals surface area contributed by atoms with E-state index >= 15 is 0 Å². The summed E-state index contributed by atoms with van der Waals surface area (Å²) in [4.78, 5) is 30.3. The van der Waals surface area contributed by atoms with E-state index in [0.717, 1.165) is 16.7 Å². The van der Waals surface area contributed by atoms with E-state index in [-0.39, 0.29) is 12.1 Å². The van der Waals surface area contributed by atoms with Gasteiger partial charge in [0.15, 0.2) is 0 Å². The summed E-state index contributed by atoms with van der Waals surface area (Å²) in [7, 11) is 0. The number of benzene rings is 2. The molecule has 6 nitrogen and oxygen atoms in total. The molecule has 0 aliphatic carbocycles. The fourth-order valence-corrected chi connectivity index (χ4v) is 4.36. The van der Waals surface area contributed by atoms with Crippen molar-refractivity contribution in [2.75, 3.05) is 0 Å². The summed E-state index contributed by atoms with van der Waals surface area (Å²) in [5, 5.41) is 7.23. The van der Waals surface area contributed by atoms with Crippen LogP contribution in [0.4, 0.5) is 0 Å². The Bertz CT molecular complexity index is 1360. The zero-order chi connectivity index (χ0) is 22.0. The van der Waals surface area contributed by atoms with Gasteiger partial charge in [0.25, 0.3) is 11.5 Å². The van der Waals surface area contributed by atoms with Gasteiger partial charge in [0, 0.05) is 21.5 Å². The van der Waals surface area contributed by atoms with Gasteiger partial charge in [-0.05, 0) is 24.6 Å². The highest BCUT2D eigenvalue weighted by molar-refractivity contribution is 7.17. The Balaban J connectivity index is 1.54. The molecule has 4 aromatic rings. The minimum atomic E-state index is -0.461. The van der Waals surface area contributed by atoms with Crippen LogP contribution in [0.1, 0.15) is 11.1 Å². The lowest BCUT2D eigenvalue weighted by Crippen LogP contribution is -2.30. The van der Waals surface area contributed by atoms with E-state index < -0.39 is 5.91 Å². The third-order valence-electron chi connectivity index (χ3n) is 4.59. The van der Waals surface area contributed by atoms with Crippen molar-refractivity contribution in [2.45, 2.75) is 13.5 Å². The molecule has 4 rings (SSSR count). The van der Waals surface area contributed by atoms with Gasteiger partial charge in [-0.25, -0.2) is 10.4 Å². The predicted octanol–water partition coefficient (Wildman–Crippen LogP) is 4.89. The fourth-order valence-electron chi connectivity index (χ4n) is 3.00. The van der Waals surface area contributed by atoms with Crippen molar-refractivity contribution in [3.05, 3.63) is 85.7 Å². The number of fused-ring (bicyclic) bond motifs is 1. The number of amides is 1. The molecule has 0 spiro atoms. The van der Waals surface area contributed by atoms with E-state index in [9.17, 15) is 9.59 Å². The van der Waals surface area contributed by atoms with Crippen LogP contribution in [0, 0.1) is 6.92 Å². The van der Waals surface area contributed by atoms with Crippen molar-refractivity contribution in [1.29, 1.82) is 0 Å². The topological polar surface area (TPSA) is 76.3 Å². The lowest BCUT2D eigenvalue weighted by atomic mass is 10.1. The van der Waals surface area contributed by atoms with Crippen molar-refractivity contribution >= 4 is 56.9 Å². The molecule has 0 aliphatic heterocycles. The molecule has 2 heterocycles. The number of nitrogens with zero attached hydrogens (tertiary/aromatic N) is 3. The Morgan fingerprint density at radius 2 is 2.00 bits per heavy atom. The molecule has 0 saturated carbocycles. The fraction of sp³-hybridized carbons (Fsp3) is 0.0909. The van der Waals surface area contributed by atoms with Gasteiger partial charge in [-0.1, -0.05) is 59.1 Å². The average Bonchev–Trinajstić information content (AvgIpc) is 3.17. The smallest absolute Gasteiger partial charge is 0.263 e. The number of aryl methyl sites for hydroxylation is 1. The monoisotopic (exact) mass is 470 g/mol. The number of carbonyl (C=O) groups excluding carboxylic acids is 1. The lowest BCUT2D eigenvalue weighted by Gasteiger charge is -2.06. The standard InChI is InChI=1S/C22H16Cl2N4O2S/c1-13-2-4-14(5-3-13)17-11-31-21-20(17)22(30)28(12-25-21)10-19(29)27-26-9-15-6-7-16(23)8-18(15)24/h2-9,11-12H,10H2,1H3,(H,27,29). The zero-order valence-corrected chi connectivity index (χ0v) is 18.6. The number of thiophene rings is 1. The third-order valence-corrected chi connectivity index (χ3v) is 6.04. The van der Waals surface area contributed by atoms with Crippen LogP contribution in [0.5, 0.6) is 0 Å². The van der Waals surface area contributed by atoms with Crippen molar-refractivity contribution in [2.24, 2.45) is 5.10 Å². The van der Waals surface area contributed by atoms with E-state index in [1.807, 2.05) is 36.6 Å². The molecule has 0 radical (unpaired) electrons. The molecular weight excluding hydrogens is 455 g/mol. The summed E-state index contributed by atoms with van der Waals surface area (Å²) in [5.41, 5.74) is 5.60. The highest BCUT2D eigenvalue weighted by Gasteiger charge is 2.14. The van der Waals surface area contributed by atoms with E-state index in [0.29, 0.717) is 25.8 Å². The Morgan fingerprint density at radius 1 is 1.23 bits per heavy atom. The highest BCUT2D eigenvalue weighted by atomic mass is 35.5. The van der Waals surface area contributed by atoms with Crippen LogP contribution >= 0.6 is 34.5 Å². The van der Waals surface area contributed by atoms with Crippen LogP contribution in [0.3, 0.4) is 0 Å². The zero-order valence-electron chi connectivity index (χ0n) is 16.3. The maximum absolute atomic E-state index is 13.0. The normalized spacial score (nSPS) is 11.3. The number of aromatic nitrogens is 2. The molecule has 0 bridgehead atoms. The van der Waals surface area contributed by atoms with Crippen molar-refractivity contribution in [3.63, 3.8) is 0 Å². The number of carbonyl (C=O) groups is 1. The van der Waals surface area contributed by atoms with Crippen LogP contribution in [-0.2, 0) is 11.3 Å². The third kappa shape index (κ3) is 4.69. The molecule has 9 heteroatoms. The predicted molar refractivity (Wildman–Crippen MR) is 126 cm³/mol. The molecular formula is C22H16Cl2N4O2S. The maximum Gasteiger partial charge on any atom is 0.263 e. The first-order valence-corrected chi connectivity index (χ1v) is 10.9. The summed E-state index contributed by atoms with van der Waals surface area (Å²) in [6.07, 6.45) is 2.79. The van der Waals surface area contributed by atoms with E-state index in [2.05, 4.69) is 15.5 Å². The first-order chi connectivity index (χ1) is 14.9. The molecule has 1 amide bonds. The second-order valence-corrected chi connectivity index (χ2v) is 8.53. The van der Waals surface area contributed by atoms with E-state index in [1.165, 1.54) is 28.4 Å². The van der Waals surface area contributed by atoms with E-state index in [4.69, 9.17) is 23.2 Å². The molecule has 0 fully saturated rings. The van der Waals surface area contributed by atoms with Crippen LogP contribution in [0.2, 0.25) is 10.0 Å². The summed E-state index contributed by atoms with van der Waals surface area (Å²) < 4.78 is 1.27. The Morgan fingerprint density at radius 3 is 2.74 bits per heavy atom. The SMILES string of the molecule is Cc1ccc(-c2csc3ncn(CC(=O)NN=Cc4ccc(Cl)cc4Cl)c(=O)c23)cc1. The Hall–Kier alpha value is -3.00. The quantitative estimate of drug-likeness (QED) is 0.333. The maximum atomic E-state index is 13.0. The number of rotatable bonds is 5. The largest absolute Gasteiger partial charge is 0.289 e. The summed E-state index contributed by atoms with van der Waals surface area (Å²) in [6, 6.07) is 12.9. The number of nitrogens with one attached hydrogen (secondary N) is 1. The van der Waals surface area contributed by atoms with Gasteiger partial charge in [-0.3, -0.25) is 14.2 Å². The molecule has 0 saturated heterocycles. The molecule has 0 atom stereocenters. The molecule has 1 N–H and O–H groups in total. The van der Waals surface area contributed by atoms with Gasteiger partial charge in [0.05, 0.1) is 23.0 Å². The number of hydrogen-bond acceptors (Lipinski definition) is 5. The van der Waals surface area contributed by atoms with Crippen molar-refractivity contribution < 1.29 is 4.79 Å². The number of hydrazone groups is 1. The van der Waals surface area contributed by atoms with Gasteiger partial charge in [-0.2, -0.15) is 5.10 Å². The van der Waals surface area contributed by atoms with Gasteiger partial charge < -0.3 is 0 Å². The number of hydrogen-bond donors (Lipinski definition) is 1.